The Hall–Kier alpha value is -0.680. The molecule has 5 heteroatoms. The van der Waals surface area contributed by atoms with Gasteiger partial charge in [-0.05, 0) is 0 Å². The Labute approximate surface area is 45.7 Å². The number of nitrogens with zero attached hydrogens (tertiary/aromatic N) is 1. The van der Waals surface area contributed by atoms with Gasteiger partial charge in [0.2, 0.25) is 0 Å². The molecule has 5 nitrogen and oxygen atoms in total. The van der Waals surface area contributed by atoms with Crippen LogP contribution < -0.4 is 5.48 Å². The number of nitrogens with one attached hydrogen (secondary N) is 1. The number of rotatable bonds is 1. The predicted octanol–water partition coefficient (Wildman–Crippen LogP) is -0.672. The zero-order valence-electron chi connectivity index (χ0n) is 4.03. The van der Waals surface area contributed by atoms with Crippen molar-refractivity contribution in [2.45, 2.75) is 6.23 Å². The maximum absolute atomic E-state index is 9.81. The van der Waals surface area contributed by atoms with Crippen molar-refractivity contribution in [1.29, 1.82) is 0 Å². The van der Waals surface area contributed by atoms with Crippen LogP contribution in [-0.4, -0.2) is 17.7 Å². The molecule has 1 atom stereocenters. The van der Waals surface area contributed by atoms with Gasteiger partial charge in [0, 0.05) is 6.54 Å². The van der Waals surface area contributed by atoms with Crippen molar-refractivity contribution >= 4 is 0 Å². The molecule has 0 bridgehead atoms. The molecule has 0 aromatic carbocycles. The Balaban J connectivity index is 2.35. The van der Waals surface area contributed by atoms with Gasteiger partial charge < -0.3 is 0 Å². The lowest BCUT2D eigenvalue weighted by atomic mass is 10.4. The molecule has 0 aromatic rings. The average Bonchev–Trinajstić information content (AvgIpc) is 2.12. The normalized spacial score (nSPS) is 28.2. The average molecular weight is 117 g/mol. The molecule has 0 aromatic heterocycles. The van der Waals surface area contributed by atoms with Crippen molar-refractivity contribution < 1.29 is 9.76 Å². The van der Waals surface area contributed by atoms with E-state index in [1.807, 2.05) is 0 Å². The Morgan fingerprint density at radius 3 is 3.00 bits per heavy atom. The van der Waals surface area contributed by atoms with Gasteiger partial charge in [-0.1, -0.05) is 0 Å². The highest BCUT2D eigenvalue weighted by Crippen LogP contribution is 2.00. The summed E-state index contributed by atoms with van der Waals surface area (Å²) < 4.78 is 0. The number of hydrogen-bond acceptors (Lipinski definition) is 4. The monoisotopic (exact) mass is 117 g/mol. The minimum atomic E-state index is -0.949. The predicted molar refractivity (Wildman–Crippen MR) is 24.2 cm³/mol. The molecule has 0 saturated carbocycles. The quantitative estimate of drug-likeness (QED) is 0.365. The van der Waals surface area contributed by atoms with Gasteiger partial charge >= 0.3 is 6.23 Å². The fraction of sp³-hybridized carbons (Fsp3) is 0.667. The zero-order chi connectivity index (χ0) is 5.98. The van der Waals surface area contributed by atoms with Gasteiger partial charge in [-0.25, -0.2) is 4.84 Å². The van der Waals surface area contributed by atoms with Gasteiger partial charge in [-0.3, -0.25) is 10.1 Å². The second kappa shape index (κ2) is 2.06. The van der Waals surface area contributed by atoms with Crippen LogP contribution in [0.3, 0.4) is 0 Å². The Kier molecular flexibility index (Phi) is 1.40. The first-order valence-electron chi connectivity index (χ1n) is 2.16. The highest BCUT2D eigenvalue weighted by Gasteiger charge is 2.25. The maximum Gasteiger partial charge on any atom is 0.335 e. The Morgan fingerprint density at radius 1 is 2.00 bits per heavy atom. The molecule has 1 aliphatic rings. The van der Waals surface area contributed by atoms with Gasteiger partial charge in [0.1, 0.15) is 0 Å². The fourth-order valence-electron chi connectivity index (χ4n) is 0.460. The number of hydroxylamine groups is 1. The standard InChI is InChI=1S/C3H5N2O3/c6-5(7)3-1-2-4-8-3/h1,3-4H,2H2. The van der Waals surface area contributed by atoms with E-state index in [-0.39, 0.29) is 0 Å². The molecule has 1 fully saturated rings. The van der Waals surface area contributed by atoms with Crippen molar-refractivity contribution in [3.63, 3.8) is 0 Å². The molecule has 1 N–H and O–H groups in total. The topological polar surface area (TPSA) is 64.4 Å². The molecule has 1 saturated heterocycles. The molecule has 8 heavy (non-hydrogen) atoms. The minimum absolute atomic E-state index is 0.450. The molecule has 0 amide bonds. The summed E-state index contributed by atoms with van der Waals surface area (Å²) in [5, 5.41) is 9.81. The minimum Gasteiger partial charge on any atom is -0.262 e. The van der Waals surface area contributed by atoms with Gasteiger partial charge in [0.05, 0.1) is 11.3 Å². The lowest BCUT2D eigenvalue weighted by Gasteiger charge is -1.94. The van der Waals surface area contributed by atoms with Gasteiger partial charge in [-0.15, -0.1) is 0 Å². The summed E-state index contributed by atoms with van der Waals surface area (Å²) in [5.74, 6) is 0. The van der Waals surface area contributed by atoms with Gasteiger partial charge in [0.15, 0.2) is 0 Å². The third kappa shape index (κ3) is 0.932. The summed E-state index contributed by atoms with van der Waals surface area (Å²) in [5.41, 5.74) is 2.36. The fourth-order valence-corrected chi connectivity index (χ4v) is 0.460. The summed E-state index contributed by atoms with van der Waals surface area (Å²) >= 11 is 0. The summed E-state index contributed by atoms with van der Waals surface area (Å²) in [7, 11) is 0. The van der Waals surface area contributed by atoms with Crippen LogP contribution in [0.1, 0.15) is 0 Å². The molecule has 0 aliphatic carbocycles. The van der Waals surface area contributed by atoms with E-state index < -0.39 is 11.2 Å². The molecule has 0 spiro atoms. The first-order valence-corrected chi connectivity index (χ1v) is 2.16. The van der Waals surface area contributed by atoms with E-state index in [4.69, 9.17) is 0 Å². The maximum atomic E-state index is 9.81. The van der Waals surface area contributed by atoms with Crippen LogP contribution in [0.15, 0.2) is 0 Å². The van der Waals surface area contributed by atoms with Crippen LogP contribution in [-0.2, 0) is 4.84 Å². The van der Waals surface area contributed by atoms with E-state index >= 15 is 0 Å². The van der Waals surface area contributed by atoms with E-state index in [0.717, 1.165) is 0 Å². The first kappa shape index (κ1) is 5.46. The third-order valence-corrected chi connectivity index (χ3v) is 0.815. The summed E-state index contributed by atoms with van der Waals surface area (Å²) in [4.78, 5) is 13.7. The van der Waals surface area contributed by atoms with Gasteiger partial charge in [-0.2, -0.15) is 5.48 Å². The van der Waals surface area contributed by atoms with Crippen LogP contribution in [0, 0.1) is 16.5 Å². The number of hydrogen-bond donors (Lipinski definition) is 1. The molecule has 1 rings (SSSR count). The molecular weight excluding hydrogens is 112 g/mol. The van der Waals surface area contributed by atoms with E-state index in [9.17, 15) is 10.1 Å². The van der Waals surface area contributed by atoms with Gasteiger partial charge in [0.25, 0.3) is 0 Å². The third-order valence-electron chi connectivity index (χ3n) is 0.815. The summed E-state index contributed by atoms with van der Waals surface area (Å²) in [6.07, 6.45) is 0.495. The van der Waals surface area contributed by atoms with E-state index in [1.54, 1.807) is 0 Å². The number of nitro groups is 1. The highest BCUT2D eigenvalue weighted by atomic mass is 16.7. The van der Waals surface area contributed by atoms with E-state index in [0.29, 0.717) is 6.54 Å². The second-order valence-electron chi connectivity index (χ2n) is 1.38. The largest absolute Gasteiger partial charge is 0.335 e. The molecule has 1 aliphatic heterocycles. The zero-order valence-corrected chi connectivity index (χ0v) is 4.03. The van der Waals surface area contributed by atoms with E-state index in [1.165, 1.54) is 6.42 Å². The summed E-state index contributed by atoms with van der Waals surface area (Å²) in [6.45, 7) is 0.450. The van der Waals surface area contributed by atoms with Crippen molar-refractivity contribution in [3.05, 3.63) is 16.5 Å². The van der Waals surface area contributed by atoms with Crippen molar-refractivity contribution in [2.75, 3.05) is 6.54 Å². The van der Waals surface area contributed by atoms with Crippen molar-refractivity contribution in [3.8, 4) is 0 Å². The van der Waals surface area contributed by atoms with Crippen LogP contribution in [0.25, 0.3) is 0 Å². The summed E-state index contributed by atoms with van der Waals surface area (Å²) in [6, 6.07) is 0. The first-order chi connectivity index (χ1) is 3.80. The Bertz CT molecular complexity index is 98.7. The van der Waals surface area contributed by atoms with Crippen LogP contribution in [0.5, 0.6) is 0 Å². The smallest absolute Gasteiger partial charge is 0.262 e. The van der Waals surface area contributed by atoms with Crippen LogP contribution >= 0.6 is 0 Å². The second-order valence-corrected chi connectivity index (χ2v) is 1.38. The lowest BCUT2D eigenvalue weighted by Crippen LogP contribution is -2.19. The van der Waals surface area contributed by atoms with Crippen molar-refractivity contribution in [2.24, 2.45) is 0 Å². The van der Waals surface area contributed by atoms with Crippen LogP contribution in [0.2, 0.25) is 0 Å². The highest BCUT2D eigenvalue weighted by molar-refractivity contribution is 4.73. The SMILES string of the molecule is O=[N+]([O-])C1[CH]CNO1. The molecule has 1 unspecified atom stereocenters. The lowest BCUT2D eigenvalue weighted by molar-refractivity contribution is -0.564. The molecular formula is C3H5N2O3. The van der Waals surface area contributed by atoms with Crippen LogP contribution in [0.4, 0.5) is 0 Å². The molecule has 1 radical (unpaired) electrons. The molecule has 1 heterocycles. The molecule has 45 valence electrons. The van der Waals surface area contributed by atoms with E-state index in [2.05, 4.69) is 10.3 Å². The van der Waals surface area contributed by atoms with Crippen molar-refractivity contribution in [1.82, 2.24) is 5.48 Å². The Morgan fingerprint density at radius 2 is 2.75 bits per heavy atom.